The molecule has 1 fully saturated rings. The molecule has 1 aromatic heterocycles. The Labute approximate surface area is 124 Å². The topological polar surface area (TPSA) is 54.5 Å². The third kappa shape index (κ3) is 4.18. The molecule has 1 aliphatic rings. The number of thiazole rings is 1. The molecule has 2 heterocycles. The Kier molecular flexibility index (Phi) is 4.65. The molecule has 0 bridgehead atoms. The van der Waals surface area contributed by atoms with Gasteiger partial charge in [-0.25, -0.2) is 9.78 Å². The third-order valence-corrected chi connectivity index (χ3v) is 4.24. The van der Waals surface area contributed by atoms with Gasteiger partial charge < -0.3 is 10.1 Å². The van der Waals surface area contributed by atoms with Crippen molar-refractivity contribution in [1.29, 1.82) is 0 Å². The summed E-state index contributed by atoms with van der Waals surface area (Å²) < 4.78 is 5.29. The molecule has 2 rings (SSSR count). The first-order chi connectivity index (χ1) is 9.35. The highest BCUT2D eigenvalue weighted by atomic mass is 32.1. The van der Waals surface area contributed by atoms with E-state index in [1.54, 1.807) is 11.3 Å². The van der Waals surface area contributed by atoms with Gasteiger partial charge in [0.15, 0.2) is 0 Å². The van der Waals surface area contributed by atoms with Crippen molar-refractivity contribution in [1.82, 2.24) is 15.2 Å². The predicted molar refractivity (Wildman–Crippen MR) is 79.9 cm³/mol. The molecule has 2 atom stereocenters. The van der Waals surface area contributed by atoms with Gasteiger partial charge >= 0.3 is 6.09 Å². The fraction of sp³-hybridized carbons (Fsp3) is 0.714. The summed E-state index contributed by atoms with van der Waals surface area (Å²) in [4.78, 5) is 18.5. The van der Waals surface area contributed by atoms with Gasteiger partial charge in [-0.1, -0.05) is 0 Å². The normalized spacial score (nSPS) is 21.7. The number of hydrogen-bond donors (Lipinski definition) is 1. The summed E-state index contributed by atoms with van der Waals surface area (Å²) in [5, 5.41) is 6.07. The molecule has 1 N–H and O–H groups in total. The molecule has 1 amide bonds. The number of hydrogen-bond acceptors (Lipinski definition) is 5. The minimum Gasteiger partial charge on any atom is -0.444 e. The van der Waals surface area contributed by atoms with Crippen molar-refractivity contribution < 1.29 is 9.53 Å². The summed E-state index contributed by atoms with van der Waals surface area (Å²) in [5.41, 5.74) is -0.448. The van der Waals surface area contributed by atoms with Gasteiger partial charge in [-0.05, 0) is 34.1 Å². The van der Waals surface area contributed by atoms with Gasteiger partial charge in [0.2, 0.25) is 0 Å². The highest BCUT2D eigenvalue weighted by molar-refractivity contribution is 7.09. The number of rotatable bonds is 3. The fourth-order valence-corrected chi connectivity index (χ4v) is 3.06. The highest BCUT2D eigenvalue weighted by Gasteiger charge is 2.29. The first kappa shape index (κ1) is 15.3. The standard InChI is InChI=1S/C14H23N3O2S/c1-10(12-15-6-8-20-12)17-7-5-11(9-17)16-13(18)19-14(2,3)4/h6,8,10-11H,5,7,9H2,1-4H3,(H,16,18)/t10-,11-/m1/s1. The second-order valence-electron chi connectivity index (χ2n) is 6.17. The van der Waals surface area contributed by atoms with E-state index in [0.717, 1.165) is 24.5 Å². The number of aromatic nitrogens is 1. The molecular formula is C14H23N3O2S. The second-order valence-corrected chi connectivity index (χ2v) is 7.10. The van der Waals surface area contributed by atoms with Gasteiger partial charge in [0.1, 0.15) is 10.6 Å². The summed E-state index contributed by atoms with van der Waals surface area (Å²) in [5.74, 6) is 0. The summed E-state index contributed by atoms with van der Waals surface area (Å²) in [6.07, 6.45) is 2.46. The van der Waals surface area contributed by atoms with E-state index in [4.69, 9.17) is 4.74 Å². The minimum atomic E-state index is -0.448. The first-order valence-electron chi connectivity index (χ1n) is 6.98. The number of nitrogens with zero attached hydrogens (tertiary/aromatic N) is 2. The average molecular weight is 297 g/mol. The van der Waals surface area contributed by atoms with Crippen molar-refractivity contribution in [3.8, 4) is 0 Å². The van der Waals surface area contributed by atoms with E-state index in [-0.39, 0.29) is 12.1 Å². The molecule has 5 nitrogen and oxygen atoms in total. The molecule has 1 aromatic rings. The summed E-state index contributed by atoms with van der Waals surface area (Å²) in [7, 11) is 0. The van der Waals surface area contributed by atoms with Crippen molar-refractivity contribution in [3.05, 3.63) is 16.6 Å². The van der Waals surface area contributed by atoms with Crippen molar-refractivity contribution in [2.24, 2.45) is 0 Å². The monoisotopic (exact) mass is 297 g/mol. The number of ether oxygens (including phenoxy) is 1. The van der Waals surface area contributed by atoms with Crippen LogP contribution in [0.25, 0.3) is 0 Å². The molecule has 0 spiro atoms. The maximum Gasteiger partial charge on any atom is 0.407 e. The Morgan fingerprint density at radius 1 is 1.60 bits per heavy atom. The largest absolute Gasteiger partial charge is 0.444 e. The van der Waals surface area contributed by atoms with Crippen LogP contribution in [0.15, 0.2) is 11.6 Å². The van der Waals surface area contributed by atoms with Gasteiger partial charge in [-0.15, -0.1) is 11.3 Å². The van der Waals surface area contributed by atoms with Crippen molar-refractivity contribution in [2.45, 2.75) is 51.8 Å². The number of amides is 1. The van der Waals surface area contributed by atoms with E-state index in [1.807, 2.05) is 32.3 Å². The second kappa shape index (κ2) is 6.10. The number of alkyl carbamates (subject to hydrolysis) is 1. The summed E-state index contributed by atoms with van der Waals surface area (Å²) in [6.45, 7) is 9.60. The molecular weight excluding hydrogens is 274 g/mol. The maximum absolute atomic E-state index is 11.8. The smallest absolute Gasteiger partial charge is 0.407 e. The molecule has 0 aromatic carbocycles. The van der Waals surface area contributed by atoms with Crippen LogP contribution in [0.4, 0.5) is 4.79 Å². The van der Waals surface area contributed by atoms with Gasteiger partial charge in [0.05, 0.1) is 6.04 Å². The molecule has 1 aliphatic heterocycles. The fourth-order valence-electron chi connectivity index (χ4n) is 2.33. The Morgan fingerprint density at radius 3 is 2.95 bits per heavy atom. The molecule has 20 heavy (non-hydrogen) atoms. The SMILES string of the molecule is C[C@H](c1nccs1)N1CC[C@@H](NC(=O)OC(C)(C)C)C1. The van der Waals surface area contributed by atoms with E-state index in [0.29, 0.717) is 6.04 Å². The van der Waals surface area contributed by atoms with Gasteiger partial charge in [0.25, 0.3) is 0 Å². The van der Waals surface area contributed by atoms with Crippen molar-refractivity contribution >= 4 is 17.4 Å². The van der Waals surface area contributed by atoms with Gasteiger partial charge in [0, 0.05) is 30.7 Å². The first-order valence-corrected chi connectivity index (χ1v) is 7.86. The van der Waals surface area contributed by atoms with E-state index < -0.39 is 5.60 Å². The molecule has 0 radical (unpaired) electrons. The predicted octanol–water partition coefficient (Wildman–Crippen LogP) is 2.80. The van der Waals surface area contributed by atoms with E-state index >= 15 is 0 Å². The lowest BCUT2D eigenvalue weighted by atomic mass is 10.2. The molecule has 112 valence electrons. The van der Waals surface area contributed by atoms with Crippen LogP contribution in [-0.2, 0) is 4.74 Å². The van der Waals surface area contributed by atoms with E-state index in [1.165, 1.54) is 0 Å². The lowest BCUT2D eigenvalue weighted by Crippen LogP contribution is -2.40. The number of likely N-dealkylation sites (tertiary alicyclic amines) is 1. The molecule has 6 heteroatoms. The van der Waals surface area contributed by atoms with Crippen LogP contribution >= 0.6 is 11.3 Å². The number of carbonyl (C=O) groups excluding carboxylic acids is 1. The maximum atomic E-state index is 11.8. The Morgan fingerprint density at radius 2 is 2.35 bits per heavy atom. The Bertz CT molecular complexity index is 442. The van der Waals surface area contributed by atoms with E-state index in [2.05, 4.69) is 22.1 Å². The van der Waals surface area contributed by atoms with Crippen molar-refractivity contribution in [2.75, 3.05) is 13.1 Å². The van der Waals surface area contributed by atoms with Crippen LogP contribution in [0, 0.1) is 0 Å². The number of carbonyl (C=O) groups is 1. The van der Waals surface area contributed by atoms with E-state index in [9.17, 15) is 4.79 Å². The average Bonchev–Trinajstić information content (AvgIpc) is 2.95. The number of nitrogens with one attached hydrogen (secondary N) is 1. The Balaban J connectivity index is 1.82. The molecule has 0 aliphatic carbocycles. The zero-order chi connectivity index (χ0) is 14.8. The lowest BCUT2D eigenvalue weighted by Gasteiger charge is -2.24. The third-order valence-electron chi connectivity index (χ3n) is 3.30. The lowest BCUT2D eigenvalue weighted by molar-refractivity contribution is 0.0504. The minimum absolute atomic E-state index is 0.160. The van der Waals surface area contributed by atoms with Crippen molar-refractivity contribution in [3.63, 3.8) is 0 Å². The van der Waals surface area contributed by atoms with Gasteiger partial charge in [-0.2, -0.15) is 0 Å². The van der Waals surface area contributed by atoms with Crippen LogP contribution in [-0.4, -0.2) is 40.7 Å². The van der Waals surface area contributed by atoms with Crippen LogP contribution in [0.5, 0.6) is 0 Å². The van der Waals surface area contributed by atoms with Crippen LogP contribution in [0.3, 0.4) is 0 Å². The molecule has 1 saturated heterocycles. The Hall–Kier alpha value is -1.14. The molecule has 0 unspecified atom stereocenters. The quantitative estimate of drug-likeness (QED) is 0.932. The summed E-state index contributed by atoms with van der Waals surface area (Å²) >= 11 is 1.68. The zero-order valence-corrected chi connectivity index (χ0v) is 13.4. The van der Waals surface area contributed by atoms with Crippen LogP contribution < -0.4 is 5.32 Å². The van der Waals surface area contributed by atoms with Crippen LogP contribution in [0.2, 0.25) is 0 Å². The van der Waals surface area contributed by atoms with Crippen LogP contribution in [0.1, 0.15) is 45.2 Å². The highest BCUT2D eigenvalue weighted by Crippen LogP contribution is 2.26. The van der Waals surface area contributed by atoms with Gasteiger partial charge in [-0.3, -0.25) is 4.90 Å². The summed E-state index contributed by atoms with van der Waals surface area (Å²) in [6, 6.07) is 0.465. The zero-order valence-electron chi connectivity index (χ0n) is 12.5. The molecule has 0 saturated carbocycles.